The fraction of sp³-hybridized carbons (Fsp3) is 0.450. The Morgan fingerprint density at radius 2 is 1.21 bits per heavy atom. The van der Waals surface area contributed by atoms with Gasteiger partial charge in [-0.25, -0.2) is 0 Å². The maximum absolute atomic E-state index is 10.1. The predicted molar refractivity (Wildman–Crippen MR) is 184 cm³/mol. The molecule has 0 unspecified atom stereocenters. The van der Waals surface area contributed by atoms with E-state index in [4.69, 9.17) is 0 Å². The van der Waals surface area contributed by atoms with Crippen molar-refractivity contribution < 1.29 is 10.2 Å². The van der Waals surface area contributed by atoms with Crippen molar-refractivity contribution in [1.29, 1.82) is 0 Å². The minimum absolute atomic E-state index is 0.00528. The average Bonchev–Trinajstić information content (AvgIpc) is 2.84. The fourth-order valence-electron chi connectivity index (χ4n) is 6.14. The van der Waals surface area contributed by atoms with Gasteiger partial charge in [0.2, 0.25) is 0 Å². The number of rotatable bonds is 10. The second-order valence-electron chi connectivity index (χ2n) is 13.7. The molecule has 0 amide bonds. The molecule has 2 heteroatoms. The second-order valence-corrected chi connectivity index (χ2v) is 13.7. The van der Waals surface area contributed by atoms with Crippen molar-refractivity contribution >= 4 is 0 Å². The van der Waals surface area contributed by atoms with Crippen LogP contribution in [0.1, 0.15) is 88.5 Å². The van der Waals surface area contributed by atoms with Crippen molar-refractivity contribution in [1.82, 2.24) is 0 Å². The molecule has 42 heavy (non-hydrogen) atoms. The Morgan fingerprint density at radius 3 is 1.74 bits per heavy atom. The van der Waals surface area contributed by atoms with Crippen LogP contribution in [0.3, 0.4) is 0 Å². The molecule has 2 N–H and O–H groups in total. The lowest BCUT2D eigenvalue weighted by Gasteiger charge is -2.38. The number of aliphatic hydroxyl groups excluding tert-OH is 2. The van der Waals surface area contributed by atoms with E-state index in [0.717, 1.165) is 19.3 Å². The smallest absolute Gasteiger partial charge is 0.0729 e. The van der Waals surface area contributed by atoms with Crippen LogP contribution >= 0.6 is 0 Å². The molecule has 2 nitrogen and oxygen atoms in total. The summed E-state index contributed by atoms with van der Waals surface area (Å²) in [6, 6.07) is 0. The van der Waals surface area contributed by atoms with Gasteiger partial charge < -0.3 is 10.2 Å². The molecule has 2 aliphatic rings. The van der Waals surface area contributed by atoms with Crippen molar-refractivity contribution in [3.8, 4) is 0 Å². The van der Waals surface area contributed by atoms with Crippen LogP contribution in [0.2, 0.25) is 0 Å². The van der Waals surface area contributed by atoms with E-state index in [9.17, 15) is 10.2 Å². The lowest BCUT2D eigenvalue weighted by Crippen LogP contribution is -2.32. The lowest BCUT2D eigenvalue weighted by molar-refractivity contribution is 0.116. The number of hydrogen-bond donors (Lipinski definition) is 2. The van der Waals surface area contributed by atoms with Crippen LogP contribution in [0.4, 0.5) is 0 Å². The zero-order valence-corrected chi connectivity index (χ0v) is 27.9. The van der Waals surface area contributed by atoms with Crippen molar-refractivity contribution in [2.45, 2.75) is 101 Å². The van der Waals surface area contributed by atoms with Gasteiger partial charge in [-0.2, -0.15) is 0 Å². The third kappa shape index (κ3) is 11.7. The number of allylic oxidation sites excluding steroid dienone is 20. The summed E-state index contributed by atoms with van der Waals surface area (Å²) in [6.45, 7) is 21.6. The first-order valence-corrected chi connectivity index (χ1v) is 15.4. The molecule has 0 bridgehead atoms. The third-order valence-electron chi connectivity index (χ3n) is 8.33. The van der Waals surface area contributed by atoms with E-state index in [2.05, 4.69) is 154 Å². The van der Waals surface area contributed by atoms with E-state index in [1.807, 2.05) is 6.08 Å². The Labute approximate surface area is 257 Å². The molecular weight excluding hydrogens is 512 g/mol. The number of aliphatic hydroxyl groups is 2. The number of hydrogen-bond acceptors (Lipinski definition) is 2. The highest BCUT2D eigenvalue weighted by molar-refractivity contribution is 5.38. The summed E-state index contributed by atoms with van der Waals surface area (Å²) in [5, 5.41) is 20.2. The molecule has 228 valence electrons. The summed E-state index contributed by atoms with van der Waals surface area (Å²) >= 11 is 0. The first kappa shape index (κ1) is 35.3. The normalized spacial score (nSPS) is 26.6. The Balaban J connectivity index is 1.90. The van der Waals surface area contributed by atoms with Crippen molar-refractivity contribution in [2.75, 3.05) is 0 Å². The molecule has 2 aliphatic carbocycles. The molecule has 0 saturated carbocycles. The lowest BCUT2D eigenvalue weighted by atomic mass is 9.67. The zero-order valence-electron chi connectivity index (χ0n) is 27.9. The van der Waals surface area contributed by atoms with Crippen LogP contribution in [0.5, 0.6) is 0 Å². The first-order chi connectivity index (χ1) is 19.6. The minimum Gasteiger partial charge on any atom is -0.393 e. The second kappa shape index (κ2) is 16.1. The van der Waals surface area contributed by atoms with Crippen molar-refractivity contribution in [3.05, 3.63) is 130 Å². The van der Waals surface area contributed by atoms with E-state index in [1.165, 1.54) is 39.0 Å². The Bertz CT molecular complexity index is 1270. The highest BCUT2D eigenvalue weighted by Gasteiger charge is 2.34. The predicted octanol–water partition coefficient (Wildman–Crippen LogP) is 10.4. The quantitative estimate of drug-likeness (QED) is 0.203. The van der Waals surface area contributed by atoms with Crippen LogP contribution in [0.25, 0.3) is 0 Å². The molecule has 2 rings (SSSR count). The molecule has 0 aromatic carbocycles. The molecule has 0 radical (unpaired) electrons. The molecule has 0 aromatic rings. The van der Waals surface area contributed by atoms with E-state index < -0.39 is 0 Å². The van der Waals surface area contributed by atoms with E-state index in [1.54, 1.807) is 0 Å². The van der Waals surface area contributed by atoms with Crippen LogP contribution < -0.4 is 0 Å². The molecule has 0 spiro atoms. The third-order valence-corrected chi connectivity index (χ3v) is 8.33. The van der Waals surface area contributed by atoms with Gasteiger partial charge >= 0.3 is 0 Å². The molecule has 0 saturated heterocycles. The molecule has 0 fully saturated rings. The van der Waals surface area contributed by atoms with E-state index in [-0.39, 0.29) is 23.0 Å². The van der Waals surface area contributed by atoms with E-state index in [0.29, 0.717) is 5.92 Å². The van der Waals surface area contributed by atoms with Gasteiger partial charge in [0, 0.05) is 5.92 Å². The summed E-state index contributed by atoms with van der Waals surface area (Å²) < 4.78 is 0. The summed E-state index contributed by atoms with van der Waals surface area (Å²) in [7, 11) is 0. The Hall–Kier alpha value is -2.94. The van der Waals surface area contributed by atoms with Gasteiger partial charge in [-0.1, -0.05) is 152 Å². The molecule has 0 heterocycles. The van der Waals surface area contributed by atoms with Crippen molar-refractivity contribution in [3.63, 3.8) is 0 Å². The van der Waals surface area contributed by atoms with Gasteiger partial charge in [0.05, 0.1) is 12.2 Å². The standard InChI is InChI=1S/C40H56O2/c1-29(17-13-19-31(3)21-23-37-33(5)25-35(41)27-39(37,7)8)15-11-12-16-30(2)18-14-20-32(4)22-24-38-34(6)26-36(42)28-40(38,9)10/h11-25,35-37,41-42H,26-28H2,1-10H3/b12-11-,17-13+,18-14+,23-21+,24-22+,29-15-,30-16+,31-19+,32-20+/t35-,36-,37-/m0/s1. The summed E-state index contributed by atoms with van der Waals surface area (Å²) in [5.74, 6) is 0.348. The topological polar surface area (TPSA) is 40.5 Å². The molecule has 3 atom stereocenters. The van der Waals surface area contributed by atoms with Gasteiger partial charge in [0.15, 0.2) is 0 Å². The van der Waals surface area contributed by atoms with Gasteiger partial charge in [-0.15, -0.1) is 0 Å². The maximum atomic E-state index is 10.1. The van der Waals surface area contributed by atoms with Crippen LogP contribution in [0.15, 0.2) is 130 Å². The Kier molecular flexibility index (Phi) is 13.5. The Morgan fingerprint density at radius 1 is 0.714 bits per heavy atom. The molecule has 0 aromatic heterocycles. The van der Waals surface area contributed by atoms with Crippen molar-refractivity contribution in [2.24, 2.45) is 16.7 Å². The zero-order chi connectivity index (χ0) is 31.5. The van der Waals surface area contributed by atoms with Gasteiger partial charge in [-0.3, -0.25) is 0 Å². The minimum atomic E-state index is -0.331. The highest BCUT2D eigenvalue weighted by atomic mass is 16.3. The van der Waals surface area contributed by atoms with Crippen LogP contribution in [-0.4, -0.2) is 22.4 Å². The summed E-state index contributed by atoms with van der Waals surface area (Å²) in [5.41, 5.74) is 8.73. The van der Waals surface area contributed by atoms with Gasteiger partial charge in [-0.05, 0) is 77.2 Å². The fourth-order valence-corrected chi connectivity index (χ4v) is 6.14. The molecule has 0 aliphatic heterocycles. The summed E-state index contributed by atoms with van der Waals surface area (Å²) in [4.78, 5) is 0. The first-order valence-electron chi connectivity index (χ1n) is 15.4. The molecular formula is C40H56O2. The van der Waals surface area contributed by atoms with Gasteiger partial charge in [0.25, 0.3) is 0 Å². The average molecular weight is 569 g/mol. The monoisotopic (exact) mass is 568 g/mol. The maximum Gasteiger partial charge on any atom is 0.0729 e. The van der Waals surface area contributed by atoms with Gasteiger partial charge in [0.1, 0.15) is 0 Å². The SMILES string of the molecule is CC1=C[C@H](O)CC(C)(C)[C@H]1/C=C/C(C)=C/C=C/C(C)=C\C=C/C=C(C)/C=C/C=C(C)/C=C/C1=C(C)C[C@H](O)CC1(C)C. The van der Waals surface area contributed by atoms with E-state index >= 15 is 0 Å². The van der Waals surface area contributed by atoms with Crippen LogP contribution in [0, 0.1) is 16.7 Å². The highest BCUT2D eigenvalue weighted by Crippen LogP contribution is 2.42. The van der Waals surface area contributed by atoms with Crippen LogP contribution in [-0.2, 0) is 0 Å². The largest absolute Gasteiger partial charge is 0.393 e. The summed E-state index contributed by atoms with van der Waals surface area (Å²) in [6.07, 6.45) is 33.8.